The molecule has 1 aliphatic carbocycles. The number of benzene rings is 4. The van der Waals surface area contributed by atoms with E-state index in [1.165, 1.54) is 55.2 Å². The van der Waals surface area contributed by atoms with Crippen LogP contribution in [0.15, 0.2) is 78.9 Å². The highest BCUT2D eigenvalue weighted by Crippen LogP contribution is 2.48. The minimum absolute atomic E-state index is 0.0338. The van der Waals surface area contributed by atoms with E-state index >= 15 is 0 Å². The molecule has 0 radical (unpaired) electrons. The molecule has 1 aromatic heterocycles. The summed E-state index contributed by atoms with van der Waals surface area (Å²) < 4.78 is 2.44. The quantitative estimate of drug-likeness (QED) is 0.0857. The largest absolute Gasteiger partial charge is 0.340 e. The van der Waals surface area contributed by atoms with Gasteiger partial charge in [-0.25, -0.2) is 0 Å². The number of hydrogen-bond donors (Lipinski definition) is 0. The topological polar surface area (TPSA) is 39.1 Å². The van der Waals surface area contributed by atoms with Crippen LogP contribution in [0.25, 0.3) is 32.9 Å². The molecule has 0 aliphatic heterocycles. The van der Waals surface area contributed by atoms with Crippen molar-refractivity contribution in [3.8, 4) is 11.1 Å². The Hall–Kier alpha value is -3.98. The Kier molecular flexibility index (Phi) is 9.82. The van der Waals surface area contributed by atoms with Crippen LogP contribution < -0.4 is 0 Å². The first kappa shape index (κ1) is 32.9. The summed E-state index contributed by atoms with van der Waals surface area (Å²) in [6.07, 6.45) is 11.0. The number of Topliss-reactive ketones (excluding diaryl/α,β-unsaturated/α-hetero) is 1. The fraction of sp³-hybridized carbons (Fsp3) is 0.409. The maximum atomic E-state index is 14.2. The van der Waals surface area contributed by atoms with Gasteiger partial charge in [0.05, 0.1) is 0 Å². The minimum atomic E-state index is -0.0909. The van der Waals surface area contributed by atoms with E-state index in [-0.39, 0.29) is 17.0 Å². The number of carbonyl (C=O) groups is 2. The van der Waals surface area contributed by atoms with E-state index in [2.05, 4.69) is 99.8 Å². The van der Waals surface area contributed by atoms with Gasteiger partial charge in [-0.05, 0) is 83.5 Å². The van der Waals surface area contributed by atoms with E-state index < -0.39 is 0 Å². The summed E-state index contributed by atoms with van der Waals surface area (Å²) in [5, 5.41) is 2.13. The molecule has 1 heterocycles. The summed E-state index contributed by atoms with van der Waals surface area (Å²) >= 11 is 0. The van der Waals surface area contributed by atoms with E-state index in [1.807, 2.05) is 18.2 Å². The lowest BCUT2D eigenvalue weighted by Gasteiger charge is -2.21. The van der Waals surface area contributed by atoms with Crippen molar-refractivity contribution in [3.63, 3.8) is 0 Å². The molecule has 1 aliphatic rings. The Labute approximate surface area is 281 Å². The van der Waals surface area contributed by atoms with Gasteiger partial charge in [-0.1, -0.05) is 116 Å². The van der Waals surface area contributed by atoms with Crippen molar-refractivity contribution in [1.29, 1.82) is 0 Å². The molecule has 3 nitrogen and oxygen atoms in total. The number of ketones is 2. The predicted octanol–water partition coefficient (Wildman–Crippen LogP) is 12.1. The van der Waals surface area contributed by atoms with E-state index in [9.17, 15) is 9.59 Å². The van der Waals surface area contributed by atoms with Crippen molar-refractivity contribution in [2.75, 3.05) is 0 Å². The van der Waals surface area contributed by atoms with Crippen molar-refractivity contribution in [2.45, 2.75) is 111 Å². The first-order valence-corrected chi connectivity index (χ1v) is 18.2. The summed E-state index contributed by atoms with van der Waals surface area (Å²) in [7, 11) is 0. The van der Waals surface area contributed by atoms with E-state index in [0.717, 1.165) is 58.7 Å². The van der Waals surface area contributed by atoms with Crippen molar-refractivity contribution in [3.05, 3.63) is 107 Å². The van der Waals surface area contributed by atoms with Gasteiger partial charge in [-0.15, -0.1) is 0 Å². The Morgan fingerprint density at radius 1 is 0.660 bits per heavy atom. The number of carbonyl (C=O) groups excluding carboxylic acids is 2. The van der Waals surface area contributed by atoms with E-state index in [0.29, 0.717) is 23.5 Å². The average Bonchev–Trinajstić information content (AvgIpc) is 3.52. The highest BCUT2D eigenvalue weighted by atomic mass is 16.1. The molecule has 244 valence electrons. The maximum Gasteiger partial charge on any atom is 0.193 e. The third kappa shape index (κ3) is 6.34. The molecule has 3 heteroatoms. The molecule has 47 heavy (non-hydrogen) atoms. The zero-order chi connectivity index (χ0) is 33.1. The molecule has 0 saturated heterocycles. The van der Waals surface area contributed by atoms with Crippen LogP contribution in [0.4, 0.5) is 0 Å². The summed E-state index contributed by atoms with van der Waals surface area (Å²) in [5.74, 6) is 0.830. The summed E-state index contributed by atoms with van der Waals surface area (Å²) in [6.45, 7) is 12.2. The fourth-order valence-electron chi connectivity index (χ4n) is 7.85. The Balaban J connectivity index is 1.39. The van der Waals surface area contributed by atoms with Crippen molar-refractivity contribution in [1.82, 2.24) is 4.57 Å². The van der Waals surface area contributed by atoms with Crippen LogP contribution in [-0.4, -0.2) is 16.1 Å². The predicted molar refractivity (Wildman–Crippen MR) is 198 cm³/mol. The first-order chi connectivity index (χ1) is 22.8. The Bertz CT molecular complexity index is 1920. The molecule has 1 atom stereocenters. The smallest absolute Gasteiger partial charge is 0.193 e. The van der Waals surface area contributed by atoms with Crippen LogP contribution in [0.2, 0.25) is 0 Å². The van der Waals surface area contributed by atoms with Crippen molar-refractivity contribution >= 4 is 33.4 Å². The van der Waals surface area contributed by atoms with Gasteiger partial charge in [0.2, 0.25) is 0 Å². The second kappa shape index (κ2) is 14.0. The molecule has 5 aromatic rings. The molecular formula is C44H51NO2. The molecule has 6 rings (SSSR count). The number of aromatic nitrogens is 1. The summed E-state index contributed by atoms with van der Waals surface area (Å²) in [4.78, 5) is 27.5. The molecule has 4 aromatic carbocycles. The van der Waals surface area contributed by atoms with Gasteiger partial charge in [0, 0.05) is 56.9 Å². The van der Waals surface area contributed by atoms with Crippen molar-refractivity contribution < 1.29 is 9.59 Å². The second-order valence-corrected chi connectivity index (χ2v) is 14.3. The van der Waals surface area contributed by atoms with Crippen LogP contribution in [0.5, 0.6) is 0 Å². The standard InChI is InChI=1S/C44H51NO2/c1-6-9-11-12-13-19-42(46)31-21-24-40-36(26-31)37-28-33(22-25-41(37)45(40)29-30(8-3)16-10-7-2)43(47)32-20-23-39-35(27-32)34-17-14-15-18-38(34)44(39,4)5/h14-15,17-18,20-28,30H,6-13,16,19,29H2,1-5H3. The highest BCUT2D eigenvalue weighted by molar-refractivity contribution is 6.16. The Morgan fingerprint density at radius 2 is 1.28 bits per heavy atom. The molecular weight excluding hydrogens is 574 g/mol. The summed E-state index contributed by atoms with van der Waals surface area (Å²) in [6, 6.07) is 27.3. The molecule has 0 amide bonds. The average molecular weight is 626 g/mol. The molecule has 0 saturated carbocycles. The lowest BCUT2D eigenvalue weighted by atomic mass is 9.82. The fourth-order valence-corrected chi connectivity index (χ4v) is 7.85. The molecule has 0 N–H and O–H groups in total. The van der Waals surface area contributed by atoms with Crippen LogP contribution in [-0.2, 0) is 12.0 Å². The first-order valence-electron chi connectivity index (χ1n) is 18.2. The third-order valence-corrected chi connectivity index (χ3v) is 10.8. The van der Waals surface area contributed by atoms with E-state index in [1.54, 1.807) is 0 Å². The lowest BCUT2D eigenvalue weighted by molar-refractivity contribution is 0.0978. The molecule has 0 bridgehead atoms. The monoisotopic (exact) mass is 625 g/mol. The van der Waals surface area contributed by atoms with Gasteiger partial charge in [0.1, 0.15) is 0 Å². The number of rotatable bonds is 15. The van der Waals surface area contributed by atoms with Crippen LogP contribution in [0.1, 0.15) is 136 Å². The minimum Gasteiger partial charge on any atom is -0.340 e. The number of unbranched alkanes of at least 4 members (excludes halogenated alkanes) is 5. The normalized spacial score (nSPS) is 14.0. The highest BCUT2D eigenvalue weighted by Gasteiger charge is 2.35. The number of nitrogens with zero attached hydrogens (tertiary/aromatic N) is 1. The molecule has 0 fully saturated rings. The zero-order valence-electron chi connectivity index (χ0n) is 29.1. The second-order valence-electron chi connectivity index (χ2n) is 14.3. The van der Waals surface area contributed by atoms with Crippen LogP contribution in [0.3, 0.4) is 0 Å². The maximum absolute atomic E-state index is 14.2. The lowest BCUT2D eigenvalue weighted by Crippen LogP contribution is -2.15. The molecule has 0 spiro atoms. The number of hydrogen-bond acceptors (Lipinski definition) is 2. The molecule has 1 unspecified atom stereocenters. The van der Waals surface area contributed by atoms with Gasteiger partial charge in [0.15, 0.2) is 11.6 Å². The third-order valence-electron chi connectivity index (χ3n) is 10.8. The zero-order valence-corrected chi connectivity index (χ0v) is 29.1. The van der Waals surface area contributed by atoms with Gasteiger partial charge >= 0.3 is 0 Å². The SMILES string of the molecule is CCCCCCCC(=O)c1ccc2c(c1)c1cc(C(=O)c3ccc4c(c3)-c3ccccc3C4(C)C)ccc1n2CC(CC)CCCC. The van der Waals surface area contributed by atoms with Gasteiger partial charge in [-0.3, -0.25) is 9.59 Å². The van der Waals surface area contributed by atoms with Crippen LogP contribution >= 0.6 is 0 Å². The van der Waals surface area contributed by atoms with Gasteiger partial charge < -0.3 is 4.57 Å². The number of fused-ring (bicyclic) bond motifs is 6. The van der Waals surface area contributed by atoms with Gasteiger partial charge in [-0.2, -0.15) is 0 Å². The van der Waals surface area contributed by atoms with E-state index in [4.69, 9.17) is 0 Å². The van der Waals surface area contributed by atoms with Crippen LogP contribution in [0, 0.1) is 5.92 Å². The summed E-state index contributed by atoms with van der Waals surface area (Å²) in [5.41, 5.74) is 9.33. The van der Waals surface area contributed by atoms with Crippen molar-refractivity contribution in [2.24, 2.45) is 5.92 Å². The Morgan fingerprint density at radius 3 is 2.00 bits per heavy atom. The van der Waals surface area contributed by atoms with Gasteiger partial charge in [0.25, 0.3) is 0 Å².